The Morgan fingerprint density at radius 2 is 2.26 bits per heavy atom. The number of nitrogens with zero attached hydrogens (tertiary/aromatic N) is 1. The van der Waals surface area contributed by atoms with Gasteiger partial charge in [-0.3, -0.25) is 4.79 Å². The smallest absolute Gasteiger partial charge is 0.258 e. The molecular formula is C14H17FN2O2. The van der Waals surface area contributed by atoms with E-state index in [1.165, 1.54) is 6.07 Å². The number of amides is 1. The van der Waals surface area contributed by atoms with Crippen LogP contribution in [0.1, 0.15) is 23.7 Å². The number of nitrogens with one attached hydrogen (secondary N) is 1. The molecule has 0 radical (unpaired) electrons. The molecule has 2 heterocycles. The number of phenols is 1. The first kappa shape index (κ1) is 12.4. The number of rotatable bonds is 1. The summed E-state index contributed by atoms with van der Waals surface area (Å²) in [5.41, 5.74) is 0.0550. The topological polar surface area (TPSA) is 52.6 Å². The lowest BCUT2D eigenvalue weighted by molar-refractivity contribution is 0.0678. The van der Waals surface area contributed by atoms with Crippen LogP contribution in [0.4, 0.5) is 4.39 Å². The molecule has 2 N–H and O–H groups in total. The van der Waals surface area contributed by atoms with Crippen LogP contribution in [0.3, 0.4) is 0 Å². The molecule has 2 aliphatic heterocycles. The van der Waals surface area contributed by atoms with Crippen molar-refractivity contribution < 1.29 is 14.3 Å². The lowest BCUT2D eigenvalue weighted by Gasteiger charge is -2.28. The summed E-state index contributed by atoms with van der Waals surface area (Å²) in [5, 5.41) is 13.0. The first-order valence-corrected chi connectivity index (χ1v) is 6.60. The van der Waals surface area contributed by atoms with Crippen LogP contribution in [-0.2, 0) is 0 Å². The van der Waals surface area contributed by atoms with Crippen molar-refractivity contribution in [2.75, 3.05) is 13.1 Å². The van der Waals surface area contributed by atoms with Crippen molar-refractivity contribution in [2.45, 2.75) is 25.4 Å². The van der Waals surface area contributed by atoms with Gasteiger partial charge in [-0.15, -0.1) is 0 Å². The molecule has 1 aromatic carbocycles. The normalized spacial score (nSPS) is 29.6. The SMILES string of the molecule is CC1CC2CNCC2N1C(=O)c1cc(F)ccc1O. The average Bonchev–Trinajstić information content (AvgIpc) is 2.91. The van der Waals surface area contributed by atoms with Crippen LogP contribution >= 0.6 is 0 Å². The first-order chi connectivity index (χ1) is 9.08. The summed E-state index contributed by atoms with van der Waals surface area (Å²) in [4.78, 5) is 14.3. The van der Waals surface area contributed by atoms with Crippen molar-refractivity contribution in [1.82, 2.24) is 10.2 Å². The Bertz CT molecular complexity index is 520. The van der Waals surface area contributed by atoms with Crippen LogP contribution in [-0.4, -0.2) is 41.1 Å². The molecule has 0 saturated carbocycles. The maximum Gasteiger partial charge on any atom is 0.258 e. The minimum absolute atomic E-state index is 0.0550. The van der Waals surface area contributed by atoms with Crippen molar-refractivity contribution in [3.05, 3.63) is 29.6 Å². The predicted molar refractivity (Wildman–Crippen MR) is 68.5 cm³/mol. The van der Waals surface area contributed by atoms with Crippen molar-refractivity contribution in [1.29, 1.82) is 0 Å². The summed E-state index contributed by atoms with van der Waals surface area (Å²) in [7, 11) is 0. The summed E-state index contributed by atoms with van der Waals surface area (Å²) in [6.45, 7) is 3.71. The van der Waals surface area contributed by atoms with E-state index in [1.807, 2.05) is 6.92 Å². The highest BCUT2D eigenvalue weighted by Gasteiger charge is 2.44. The predicted octanol–water partition coefficient (Wildman–Crippen LogP) is 1.35. The Hall–Kier alpha value is -1.62. The van der Waals surface area contributed by atoms with Crippen LogP contribution in [0, 0.1) is 11.7 Å². The van der Waals surface area contributed by atoms with Crippen LogP contribution in [0.25, 0.3) is 0 Å². The largest absolute Gasteiger partial charge is 0.507 e. The third kappa shape index (κ3) is 1.98. The molecule has 0 aromatic heterocycles. The van der Waals surface area contributed by atoms with Crippen molar-refractivity contribution in [3.8, 4) is 5.75 Å². The number of likely N-dealkylation sites (tertiary alicyclic amines) is 1. The summed E-state index contributed by atoms with van der Waals surface area (Å²) in [5.74, 6) is -0.475. The minimum Gasteiger partial charge on any atom is -0.507 e. The zero-order valence-corrected chi connectivity index (χ0v) is 10.8. The Balaban J connectivity index is 1.93. The van der Waals surface area contributed by atoms with Gasteiger partial charge in [-0.25, -0.2) is 4.39 Å². The number of hydrogen-bond acceptors (Lipinski definition) is 3. The molecule has 3 unspecified atom stereocenters. The fourth-order valence-corrected chi connectivity index (χ4v) is 3.33. The van der Waals surface area contributed by atoms with E-state index in [1.54, 1.807) is 4.90 Å². The maximum atomic E-state index is 13.3. The molecule has 0 bridgehead atoms. The van der Waals surface area contributed by atoms with E-state index in [-0.39, 0.29) is 29.3 Å². The van der Waals surface area contributed by atoms with Crippen molar-refractivity contribution >= 4 is 5.91 Å². The number of phenolic OH excluding ortho intramolecular Hbond substituents is 1. The molecule has 3 atom stereocenters. The molecule has 5 heteroatoms. The summed E-state index contributed by atoms with van der Waals surface area (Å²) >= 11 is 0. The van der Waals surface area contributed by atoms with Gasteiger partial charge in [0.1, 0.15) is 11.6 Å². The number of benzene rings is 1. The van der Waals surface area contributed by atoms with Gasteiger partial charge in [0, 0.05) is 25.2 Å². The van der Waals surface area contributed by atoms with E-state index in [4.69, 9.17) is 0 Å². The van der Waals surface area contributed by atoms with E-state index in [0.717, 1.165) is 31.6 Å². The fraction of sp³-hybridized carbons (Fsp3) is 0.500. The Kier molecular flexibility index (Phi) is 2.93. The number of hydrogen-bond donors (Lipinski definition) is 2. The second-order valence-corrected chi connectivity index (χ2v) is 5.44. The molecule has 1 aromatic rings. The van der Waals surface area contributed by atoms with Gasteiger partial charge in [0.25, 0.3) is 5.91 Å². The monoisotopic (exact) mass is 264 g/mol. The molecule has 102 valence electrons. The second kappa shape index (κ2) is 4.49. The third-order valence-electron chi connectivity index (χ3n) is 4.20. The van der Waals surface area contributed by atoms with E-state index < -0.39 is 5.82 Å². The number of aromatic hydroxyl groups is 1. The van der Waals surface area contributed by atoms with Gasteiger partial charge in [-0.2, -0.15) is 0 Å². The molecule has 1 amide bonds. The van der Waals surface area contributed by atoms with Crippen LogP contribution < -0.4 is 5.32 Å². The van der Waals surface area contributed by atoms with E-state index >= 15 is 0 Å². The van der Waals surface area contributed by atoms with Gasteiger partial charge in [0.2, 0.25) is 0 Å². The highest BCUT2D eigenvalue weighted by atomic mass is 19.1. The molecule has 4 nitrogen and oxygen atoms in total. The number of carbonyl (C=O) groups is 1. The zero-order valence-electron chi connectivity index (χ0n) is 10.8. The fourth-order valence-electron chi connectivity index (χ4n) is 3.33. The maximum absolute atomic E-state index is 13.3. The Labute approximate surface area is 111 Å². The van der Waals surface area contributed by atoms with Gasteiger partial charge in [0.05, 0.1) is 5.56 Å². The summed E-state index contributed by atoms with van der Waals surface area (Å²) in [6, 6.07) is 3.78. The number of fused-ring (bicyclic) bond motifs is 1. The van der Waals surface area contributed by atoms with E-state index in [0.29, 0.717) is 5.92 Å². The molecule has 19 heavy (non-hydrogen) atoms. The van der Waals surface area contributed by atoms with E-state index in [9.17, 15) is 14.3 Å². The zero-order chi connectivity index (χ0) is 13.6. The number of halogens is 1. The standard InChI is InChI=1S/C14H17FN2O2/c1-8-4-9-6-16-7-12(9)17(8)14(19)11-5-10(15)2-3-13(11)18/h2-3,5,8-9,12,16,18H,4,6-7H2,1H3. The van der Waals surface area contributed by atoms with Gasteiger partial charge in [-0.05, 0) is 37.5 Å². The molecule has 2 saturated heterocycles. The van der Waals surface area contributed by atoms with Crippen molar-refractivity contribution in [2.24, 2.45) is 5.92 Å². The molecule has 3 rings (SSSR count). The number of carbonyl (C=O) groups excluding carboxylic acids is 1. The summed E-state index contributed by atoms with van der Waals surface area (Å²) in [6.07, 6.45) is 0.958. The van der Waals surface area contributed by atoms with Gasteiger partial charge >= 0.3 is 0 Å². The third-order valence-corrected chi connectivity index (χ3v) is 4.20. The van der Waals surface area contributed by atoms with Gasteiger partial charge in [0.15, 0.2) is 0 Å². The molecule has 0 aliphatic carbocycles. The Morgan fingerprint density at radius 1 is 1.47 bits per heavy atom. The van der Waals surface area contributed by atoms with E-state index in [2.05, 4.69) is 5.32 Å². The lowest BCUT2D eigenvalue weighted by Crippen LogP contribution is -2.42. The Morgan fingerprint density at radius 3 is 3.05 bits per heavy atom. The second-order valence-electron chi connectivity index (χ2n) is 5.44. The highest BCUT2D eigenvalue weighted by Crippen LogP contribution is 2.34. The first-order valence-electron chi connectivity index (χ1n) is 6.60. The molecule has 0 spiro atoms. The summed E-state index contributed by atoms with van der Waals surface area (Å²) < 4.78 is 13.3. The highest BCUT2D eigenvalue weighted by molar-refractivity contribution is 5.97. The molecule has 2 aliphatic rings. The van der Waals surface area contributed by atoms with Gasteiger partial charge < -0.3 is 15.3 Å². The van der Waals surface area contributed by atoms with Gasteiger partial charge in [-0.1, -0.05) is 0 Å². The minimum atomic E-state index is -0.505. The van der Waals surface area contributed by atoms with Crippen LogP contribution in [0.5, 0.6) is 5.75 Å². The van der Waals surface area contributed by atoms with Crippen LogP contribution in [0.15, 0.2) is 18.2 Å². The van der Waals surface area contributed by atoms with Crippen molar-refractivity contribution in [3.63, 3.8) is 0 Å². The quantitative estimate of drug-likeness (QED) is 0.805. The lowest BCUT2D eigenvalue weighted by atomic mass is 10.0. The van der Waals surface area contributed by atoms with Crippen LogP contribution in [0.2, 0.25) is 0 Å². The average molecular weight is 264 g/mol. The molecular weight excluding hydrogens is 247 g/mol. The molecule has 2 fully saturated rings.